The van der Waals surface area contributed by atoms with E-state index in [0.29, 0.717) is 0 Å². The molecule has 0 aliphatic carbocycles. The van der Waals surface area contributed by atoms with Crippen molar-refractivity contribution >= 4 is 34.7 Å². The van der Waals surface area contributed by atoms with Crippen molar-refractivity contribution in [2.75, 3.05) is 5.32 Å². The Labute approximate surface area is 127 Å². The lowest BCUT2D eigenvalue weighted by Gasteiger charge is -2.37. The molecule has 21 heavy (non-hydrogen) atoms. The maximum atomic E-state index is 13.6. The highest BCUT2D eigenvalue weighted by atomic mass is 35.5. The summed E-state index contributed by atoms with van der Waals surface area (Å²) in [5.74, 6) is -0.103. The molecule has 0 saturated heterocycles. The molecular formula is C13H7Cl2F3N2O. The van der Waals surface area contributed by atoms with Crippen LogP contribution in [0.25, 0.3) is 0 Å². The van der Waals surface area contributed by atoms with Gasteiger partial charge in [-0.05, 0) is 24.3 Å². The Morgan fingerprint density at radius 3 is 2.43 bits per heavy atom. The Balaban J connectivity index is 2.37. The molecule has 3 rings (SSSR count). The summed E-state index contributed by atoms with van der Waals surface area (Å²) >= 11 is 11.5. The van der Waals surface area contributed by atoms with E-state index in [1.54, 1.807) is 0 Å². The first kappa shape index (κ1) is 14.4. The molecule has 1 aromatic heterocycles. The van der Waals surface area contributed by atoms with Gasteiger partial charge in [0, 0.05) is 28.0 Å². The fraction of sp³-hybridized carbons (Fsp3) is 0.154. The van der Waals surface area contributed by atoms with E-state index in [-0.39, 0.29) is 27.1 Å². The maximum Gasteiger partial charge on any atom is 0.425 e. The summed E-state index contributed by atoms with van der Waals surface area (Å²) in [5, 5.41) is 13.2. The highest BCUT2D eigenvalue weighted by Crippen LogP contribution is 2.52. The van der Waals surface area contributed by atoms with Crippen molar-refractivity contribution in [3.05, 3.63) is 51.6 Å². The van der Waals surface area contributed by atoms with Gasteiger partial charge in [-0.25, -0.2) is 4.98 Å². The van der Waals surface area contributed by atoms with Crippen molar-refractivity contribution < 1.29 is 18.3 Å². The Morgan fingerprint density at radius 2 is 1.76 bits per heavy atom. The molecule has 1 aromatic carbocycles. The third-order valence-corrected chi connectivity index (χ3v) is 3.72. The quantitative estimate of drug-likeness (QED) is 0.757. The molecule has 2 aromatic rings. The SMILES string of the molecule is OC1(C(F)(F)F)c2cc(Cl)ccc2Nc2ncc(Cl)cc21. The first-order valence-electron chi connectivity index (χ1n) is 5.75. The molecule has 0 radical (unpaired) electrons. The summed E-state index contributed by atoms with van der Waals surface area (Å²) in [6, 6.07) is 4.88. The number of benzene rings is 1. The molecular weight excluding hydrogens is 328 g/mol. The van der Waals surface area contributed by atoms with Crippen LogP contribution in [-0.2, 0) is 5.60 Å². The second-order valence-corrected chi connectivity index (χ2v) is 5.45. The monoisotopic (exact) mass is 334 g/mol. The first-order valence-corrected chi connectivity index (χ1v) is 6.51. The van der Waals surface area contributed by atoms with Crippen LogP contribution >= 0.6 is 23.2 Å². The van der Waals surface area contributed by atoms with E-state index in [0.717, 1.165) is 12.1 Å². The summed E-state index contributed by atoms with van der Waals surface area (Å²) in [4.78, 5) is 3.81. The maximum absolute atomic E-state index is 13.6. The lowest BCUT2D eigenvalue weighted by Crippen LogP contribution is -2.46. The highest BCUT2D eigenvalue weighted by Gasteiger charge is 2.60. The molecule has 0 amide bonds. The van der Waals surface area contributed by atoms with Gasteiger partial charge in [-0.1, -0.05) is 23.2 Å². The second-order valence-electron chi connectivity index (χ2n) is 4.57. The standard InChI is InChI=1S/C13H7Cl2F3N2O/c14-6-1-2-10-8(3-6)12(21,13(16,17)18)9-4-7(15)5-19-11(9)20-10/h1-5,21H,(H,19,20). The molecule has 8 heteroatoms. The van der Waals surface area contributed by atoms with Crippen LogP contribution in [0.4, 0.5) is 24.7 Å². The Morgan fingerprint density at radius 1 is 1.10 bits per heavy atom. The van der Waals surface area contributed by atoms with Crippen molar-refractivity contribution in [3.8, 4) is 0 Å². The lowest BCUT2D eigenvalue weighted by molar-refractivity contribution is -0.248. The number of hydrogen-bond acceptors (Lipinski definition) is 3. The number of halogens is 5. The predicted octanol–water partition coefficient (Wildman–Crippen LogP) is 4.24. The van der Waals surface area contributed by atoms with E-state index in [9.17, 15) is 18.3 Å². The number of alkyl halides is 3. The van der Waals surface area contributed by atoms with Gasteiger partial charge in [-0.15, -0.1) is 0 Å². The fourth-order valence-electron chi connectivity index (χ4n) is 2.32. The van der Waals surface area contributed by atoms with Gasteiger partial charge in [0.2, 0.25) is 5.60 Å². The fourth-order valence-corrected chi connectivity index (χ4v) is 2.65. The van der Waals surface area contributed by atoms with Gasteiger partial charge in [0.05, 0.1) is 5.02 Å². The Hall–Kier alpha value is -1.50. The summed E-state index contributed by atoms with van der Waals surface area (Å²) in [6.45, 7) is 0. The third-order valence-electron chi connectivity index (χ3n) is 3.28. The Kier molecular flexibility index (Phi) is 3.09. The number of fused-ring (bicyclic) bond motifs is 2. The van der Waals surface area contributed by atoms with E-state index >= 15 is 0 Å². The largest absolute Gasteiger partial charge is 0.425 e. The van der Waals surface area contributed by atoms with Crippen molar-refractivity contribution in [1.29, 1.82) is 0 Å². The van der Waals surface area contributed by atoms with Gasteiger partial charge >= 0.3 is 6.18 Å². The molecule has 0 saturated carbocycles. The summed E-state index contributed by atoms with van der Waals surface area (Å²) < 4.78 is 40.7. The molecule has 3 nitrogen and oxygen atoms in total. The van der Waals surface area contributed by atoms with E-state index in [2.05, 4.69) is 10.3 Å². The van der Waals surface area contributed by atoms with Gasteiger partial charge < -0.3 is 10.4 Å². The number of nitrogens with one attached hydrogen (secondary N) is 1. The average molecular weight is 335 g/mol. The lowest BCUT2D eigenvalue weighted by atomic mass is 9.82. The molecule has 1 atom stereocenters. The normalized spacial score (nSPS) is 20.5. The molecule has 110 valence electrons. The van der Waals surface area contributed by atoms with Gasteiger partial charge in [-0.3, -0.25) is 0 Å². The average Bonchev–Trinajstić information content (AvgIpc) is 2.39. The highest BCUT2D eigenvalue weighted by molar-refractivity contribution is 6.31. The minimum Gasteiger partial charge on any atom is -0.372 e. The number of hydrogen-bond donors (Lipinski definition) is 2. The van der Waals surface area contributed by atoms with Crippen LogP contribution in [0.3, 0.4) is 0 Å². The van der Waals surface area contributed by atoms with E-state index < -0.39 is 17.3 Å². The van der Waals surface area contributed by atoms with Crippen LogP contribution < -0.4 is 5.32 Å². The minimum absolute atomic E-state index is 0.0105. The smallest absolute Gasteiger partial charge is 0.372 e. The summed E-state index contributed by atoms with van der Waals surface area (Å²) in [6.07, 6.45) is -3.76. The zero-order valence-electron chi connectivity index (χ0n) is 10.2. The Bertz CT molecular complexity index is 682. The molecule has 2 heterocycles. The van der Waals surface area contributed by atoms with E-state index in [1.807, 2.05) is 0 Å². The van der Waals surface area contributed by atoms with Gasteiger partial charge in [-0.2, -0.15) is 13.2 Å². The molecule has 0 bridgehead atoms. The molecule has 1 aliphatic rings. The third kappa shape index (κ3) is 2.06. The number of aliphatic hydroxyl groups is 1. The van der Waals surface area contributed by atoms with Crippen molar-refractivity contribution in [1.82, 2.24) is 4.98 Å². The van der Waals surface area contributed by atoms with Crippen LogP contribution in [-0.4, -0.2) is 16.3 Å². The molecule has 1 unspecified atom stereocenters. The number of pyridine rings is 1. The second kappa shape index (κ2) is 4.50. The van der Waals surface area contributed by atoms with Gasteiger partial charge in [0.1, 0.15) is 5.82 Å². The number of anilines is 2. The summed E-state index contributed by atoms with van der Waals surface area (Å²) in [7, 11) is 0. The van der Waals surface area contributed by atoms with Crippen molar-refractivity contribution in [2.24, 2.45) is 0 Å². The zero-order chi connectivity index (χ0) is 15.4. The van der Waals surface area contributed by atoms with Crippen LogP contribution in [0.1, 0.15) is 11.1 Å². The number of rotatable bonds is 0. The number of nitrogens with zero attached hydrogens (tertiary/aromatic N) is 1. The van der Waals surface area contributed by atoms with E-state index in [1.165, 1.54) is 18.3 Å². The van der Waals surface area contributed by atoms with Crippen LogP contribution in [0.2, 0.25) is 10.0 Å². The first-order chi connectivity index (χ1) is 9.73. The van der Waals surface area contributed by atoms with E-state index in [4.69, 9.17) is 23.2 Å². The minimum atomic E-state index is -4.96. The van der Waals surface area contributed by atoms with Crippen molar-refractivity contribution in [3.63, 3.8) is 0 Å². The molecule has 2 N–H and O–H groups in total. The molecule has 1 aliphatic heterocycles. The van der Waals surface area contributed by atoms with Gasteiger partial charge in [0.15, 0.2) is 0 Å². The molecule has 0 fully saturated rings. The van der Waals surface area contributed by atoms with Crippen LogP contribution in [0.5, 0.6) is 0 Å². The van der Waals surface area contributed by atoms with Crippen LogP contribution in [0, 0.1) is 0 Å². The summed E-state index contributed by atoms with van der Waals surface area (Å²) in [5.41, 5.74) is -4.00. The van der Waals surface area contributed by atoms with Gasteiger partial charge in [0.25, 0.3) is 0 Å². The predicted molar refractivity (Wildman–Crippen MR) is 73.0 cm³/mol. The zero-order valence-corrected chi connectivity index (χ0v) is 11.7. The molecule has 0 spiro atoms. The van der Waals surface area contributed by atoms with Crippen molar-refractivity contribution in [2.45, 2.75) is 11.8 Å². The van der Waals surface area contributed by atoms with Crippen LogP contribution in [0.15, 0.2) is 30.5 Å². The number of aromatic nitrogens is 1. The topological polar surface area (TPSA) is 45.1 Å².